The summed E-state index contributed by atoms with van der Waals surface area (Å²) in [6.07, 6.45) is 17.8. The molecule has 3 aliphatic rings. The van der Waals surface area contributed by atoms with Crippen LogP contribution in [0.25, 0.3) is 0 Å². The molecule has 0 aromatic heterocycles. The van der Waals surface area contributed by atoms with E-state index in [0.29, 0.717) is 23.2 Å². The topological polar surface area (TPSA) is 20.2 Å². The van der Waals surface area contributed by atoms with Gasteiger partial charge in [-0.3, -0.25) is 0 Å². The molecule has 0 heterocycles. The van der Waals surface area contributed by atoms with Crippen molar-refractivity contribution in [2.75, 3.05) is 0 Å². The second-order valence-electron chi connectivity index (χ2n) is 10.9. The minimum Gasteiger partial charge on any atom is -0.393 e. The van der Waals surface area contributed by atoms with Crippen molar-refractivity contribution in [1.82, 2.24) is 0 Å². The van der Waals surface area contributed by atoms with Gasteiger partial charge in [0.15, 0.2) is 0 Å². The molecule has 0 aliphatic heterocycles. The monoisotopic (exact) mass is 382 g/mol. The summed E-state index contributed by atoms with van der Waals surface area (Å²) in [5.74, 6) is 2.57. The zero-order valence-corrected chi connectivity index (χ0v) is 19.1. The molecule has 0 saturated carbocycles. The molecule has 0 fully saturated rings. The summed E-state index contributed by atoms with van der Waals surface area (Å²) in [6, 6.07) is 0. The predicted octanol–water partition coefficient (Wildman–Crippen LogP) is 7.40. The minimum absolute atomic E-state index is 0.212. The van der Waals surface area contributed by atoms with Crippen molar-refractivity contribution < 1.29 is 5.11 Å². The van der Waals surface area contributed by atoms with Gasteiger partial charge in [0.25, 0.3) is 0 Å². The zero-order chi connectivity index (χ0) is 20.5. The Labute approximate surface area is 173 Å². The Hall–Kier alpha value is -1.08. The van der Waals surface area contributed by atoms with Gasteiger partial charge in [-0.1, -0.05) is 64.5 Å². The molecular formula is C27H42O. The molecule has 0 bridgehead atoms. The number of hydrogen-bond acceptors (Lipinski definition) is 1. The number of allylic oxidation sites excluding steroid dienone is 8. The Morgan fingerprint density at radius 1 is 1.14 bits per heavy atom. The van der Waals surface area contributed by atoms with E-state index in [-0.39, 0.29) is 6.10 Å². The van der Waals surface area contributed by atoms with E-state index in [0.717, 1.165) is 18.8 Å². The van der Waals surface area contributed by atoms with Gasteiger partial charge < -0.3 is 5.11 Å². The Balaban J connectivity index is 1.80. The average Bonchev–Trinajstić information content (AvgIpc) is 2.91. The van der Waals surface area contributed by atoms with Crippen molar-refractivity contribution in [3.8, 4) is 0 Å². The van der Waals surface area contributed by atoms with Crippen LogP contribution in [0.4, 0.5) is 0 Å². The van der Waals surface area contributed by atoms with Crippen molar-refractivity contribution in [3.63, 3.8) is 0 Å². The van der Waals surface area contributed by atoms with Gasteiger partial charge in [0.1, 0.15) is 0 Å². The van der Waals surface area contributed by atoms with E-state index >= 15 is 0 Å². The summed E-state index contributed by atoms with van der Waals surface area (Å²) in [7, 11) is 0. The van der Waals surface area contributed by atoms with Crippen LogP contribution in [0.15, 0.2) is 46.6 Å². The van der Waals surface area contributed by atoms with E-state index in [1.54, 1.807) is 22.3 Å². The van der Waals surface area contributed by atoms with Gasteiger partial charge >= 0.3 is 0 Å². The van der Waals surface area contributed by atoms with Crippen molar-refractivity contribution in [1.29, 1.82) is 0 Å². The summed E-state index contributed by atoms with van der Waals surface area (Å²) in [4.78, 5) is 0. The molecule has 5 atom stereocenters. The van der Waals surface area contributed by atoms with E-state index in [2.05, 4.69) is 58.9 Å². The van der Waals surface area contributed by atoms with Crippen molar-refractivity contribution in [3.05, 3.63) is 46.6 Å². The van der Waals surface area contributed by atoms with Gasteiger partial charge in [-0.2, -0.15) is 0 Å². The largest absolute Gasteiger partial charge is 0.393 e. The maximum Gasteiger partial charge on any atom is 0.0515 e. The van der Waals surface area contributed by atoms with Gasteiger partial charge in [-0.25, -0.2) is 0 Å². The van der Waals surface area contributed by atoms with Gasteiger partial charge in [0.05, 0.1) is 6.10 Å². The Morgan fingerprint density at radius 3 is 2.50 bits per heavy atom. The molecule has 0 radical (unpaired) electrons. The molecule has 1 N–H and O–H groups in total. The van der Waals surface area contributed by atoms with Crippen LogP contribution in [-0.4, -0.2) is 11.2 Å². The lowest BCUT2D eigenvalue weighted by Crippen LogP contribution is -2.22. The molecular weight excluding hydrogens is 340 g/mol. The fraction of sp³-hybridized carbons (Fsp3) is 0.704. The quantitative estimate of drug-likeness (QED) is 0.475. The summed E-state index contributed by atoms with van der Waals surface area (Å²) in [6.45, 7) is 13.9. The van der Waals surface area contributed by atoms with Crippen molar-refractivity contribution in [2.45, 2.75) is 92.6 Å². The molecule has 0 saturated heterocycles. The fourth-order valence-corrected chi connectivity index (χ4v) is 5.84. The van der Waals surface area contributed by atoms with Crippen LogP contribution < -0.4 is 0 Å². The van der Waals surface area contributed by atoms with Crippen LogP contribution in [0.1, 0.15) is 86.5 Å². The smallest absolute Gasteiger partial charge is 0.0515 e. The van der Waals surface area contributed by atoms with Gasteiger partial charge in [0, 0.05) is 5.92 Å². The third-order valence-electron chi connectivity index (χ3n) is 7.17. The first-order valence-corrected chi connectivity index (χ1v) is 11.7. The van der Waals surface area contributed by atoms with Crippen LogP contribution in [0.5, 0.6) is 0 Å². The molecule has 0 amide bonds. The summed E-state index contributed by atoms with van der Waals surface area (Å²) < 4.78 is 0. The van der Waals surface area contributed by atoms with Crippen LogP contribution in [0.2, 0.25) is 0 Å². The Kier molecular flexibility index (Phi) is 6.75. The third-order valence-corrected chi connectivity index (χ3v) is 7.17. The maximum atomic E-state index is 9.91. The first kappa shape index (κ1) is 21.6. The molecule has 0 spiro atoms. The molecule has 0 aromatic carbocycles. The van der Waals surface area contributed by atoms with Crippen LogP contribution in [-0.2, 0) is 0 Å². The lowest BCUT2D eigenvalue weighted by molar-refractivity contribution is 0.185. The molecule has 3 aliphatic carbocycles. The van der Waals surface area contributed by atoms with Crippen LogP contribution in [0, 0.1) is 29.1 Å². The Morgan fingerprint density at radius 2 is 1.89 bits per heavy atom. The summed E-state index contributed by atoms with van der Waals surface area (Å²) in [5, 5.41) is 9.91. The second kappa shape index (κ2) is 8.74. The number of aliphatic hydroxyl groups is 1. The fourth-order valence-electron chi connectivity index (χ4n) is 5.84. The van der Waals surface area contributed by atoms with Gasteiger partial charge in [0.2, 0.25) is 0 Å². The van der Waals surface area contributed by atoms with E-state index in [4.69, 9.17) is 0 Å². The summed E-state index contributed by atoms with van der Waals surface area (Å²) >= 11 is 0. The number of hydrogen-bond donors (Lipinski definition) is 1. The first-order valence-electron chi connectivity index (χ1n) is 11.7. The SMILES string of the molecule is CC1C2=C(CCC=C2)C(CC[C@@H](C)O)=C1C(C)C1C=C[C@@H](CC(C)(C)C)CC1. The standard InChI is InChI=1S/C27H42O/c1-18(28)11-16-25-24-10-8-7-9-23(24)20(3)26(25)19(2)22-14-12-21(13-15-22)17-27(4,5)6/h7,9,12,14,18-22,28H,8,10-11,13,15-17H2,1-6H3/t18-,19?,20?,21-,22?/m1/s1. The number of rotatable bonds is 6. The van der Waals surface area contributed by atoms with E-state index in [1.165, 1.54) is 32.1 Å². The maximum absolute atomic E-state index is 9.91. The average molecular weight is 383 g/mol. The first-order chi connectivity index (χ1) is 13.2. The molecule has 156 valence electrons. The van der Waals surface area contributed by atoms with E-state index in [1.807, 2.05) is 6.92 Å². The zero-order valence-electron chi connectivity index (χ0n) is 19.1. The highest BCUT2D eigenvalue weighted by Crippen LogP contribution is 2.49. The number of aliphatic hydroxyl groups excluding tert-OH is 1. The van der Waals surface area contributed by atoms with Crippen molar-refractivity contribution in [2.24, 2.45) is 29.1 Å². The summed E-state index contributed by atoms with van der Waals surface area (Å²) in [5.41, 5.74) is 6.88. The normalized spacial score (nSPS) is 30.0. The van der Waals surface area contributed by atoms with Gasteiger partial charge in [-0.15, -0.1) is 0 Å². The highest BCUT2D eigenvalue weighted by molar-refractivity contribution is 5.55. The molecule has 1 heteroatoms. The minimum atomic E-state index is -0.212. The van der Waals surface area contributed by atoms with Crippen LogP contribution >= 0.6 is 0 Å². The third kappa shape index (κ3) is 4.90. The highest BCUT2D eigenvalue weighted by Gasteiger charge is 2.35. The highest BCUT2D eigenvalue weighted by atomic mass is 16.3. The van der Waals surface area contributed by atoms with E-state index in [9.17, 15) is 5.11 Å². The van der Waals surface area contributed by atoms with Crippen molar-refractivity contribution >= 4 is 0 Å². The van der Waals surface area contributed by atoms with Crippen LogP contribution in [0.3, 0.4) is 0 Å². The lowest BCUT2D eigenvalue weighted by atomic mass is 9.72. The molecule has 28 heavy (non-hydrogen) atoms. The predicted molar refractivity (Wildman–Crippen MR) is 121 cm³/mol. The lowest BCUT2D eigenvalue weighted by Gasteiger charge is -2.33. The molecule has 0 aromatic rings. The van der Waals surface area contributed by atoms with E-state index < -0.39 is 0 Å². The Bertz CT molecular complexity index is 680. The molecule has 3 rings (SSSR count). The second-order valence-corrected chi connectivity index (χ2v) is 10.9. The van der Waals surface area contributed by atoms with Gasteiger partial charge in [-0.05, 0) is 91.8 Å². The molecule has 3 unspecified atom stereocenters. The molecule has 1 nitrogen and oxygen atoms in total.